The predicted molar refractivity (Wildman–Crippen MR) is 65.2 cm³/mol. The summed E-state index contributed by atoms with van der Waals surface area (Å²) < 4.78 is 0. The van der Waals surface area contributed by atoms with Crippen LogP contribution in [0.1, 0.15) is 0 Å². The second-order valence-corrected chi connectivity index (χ2v) is 3.78. The van der Waals surface area contributed by atoms with E-state index in [0.29, 0.717) is 15.7 Å². The number of guanidine groups is 1. The van der Waals surface area contributed by atoms with Crippen LogP contribution < -0.4 is 11.1 Å². The molecule has 0 atom stereocenters. The third-order valence-electron chi connectivity index (χ3n) is 1.87. The molecular weight excluding hydrogens is 251 g/mol. The van der Waals surface area contributed by atoms with E-state index >= 15 is 0 Å². The number of hydrogen-bond donors (Lipinski definition) is 3. The summed E-state index contributed by atoms with van der Waals surface area (Å²) in [5.41, 5.74) is 5.37. The van der Waals surface area contributed by atoms with Gasteiger partial charge in [-0.05, 0) is 12.1 Å². The van der Waals surface area contributed by atoms with Gasteiger partial charge in [-0.15, -0.1) is 0 Å². The number of anilines is 1. The number of halogens is 2. The summed E-state index contributed by atoms with van der Waals surface area (Å²) in [5, 5.41) is 10.9. The van der Waals surface area contributed by atoms with Gasteiger partial charge in [0.25, 0.3) is 0 Å². The molecule has 0 saturated carbocycles. The fourth-order valence-corrected chi connectivity index (χ4v) is 1.42. The Morgan fingerprint density at radius 1 is 1.44 bits per heavy atom. The zero-order valence-electron chi connectivity index (χ0n) is 8.42. The lowest BCUT2D eigenvalue weighted by molar-refractivity contribution is 0.235. The van der Waals surface area contributed by atoms with Gasteiger partial charge in [0.2, 0.25) is 5.96 Å². The number of benzene rings is 1. The maximum Gasteiger partial charge on any atom is 0.321 e. The molecule has 1 rings (SSSR count). The fraction of sp³-hybridized carbons (Fsp3) is 0.111. The number of nitrogens with two attached hydrogens (primary N) is 1. The van der Waals surface area contributed by atoms with E-state index in [2.05, 4.69) is 5.32 Å². The molecule has 86 valence electrons. The van der Waals surface area contributed by atoms with Crippen molar-refractivity contribution in [2.24, 2.45) is 5.73 Å². The smallest absolute Gasteiger partial charge is 0.321 e. The van der Waals surface area contributed by atoms with E-state index in [1.807, 2.05) is 0 Å². The molecule has 0 unspecified atom stereocenters. The lowest BCUT2D eigenvalue weighted by Crippen LogP contribution is -2.40. The molecule has 7 heteroatoms. The molecule has 0 aliphatic rings. The van der Waals surface area contributed by atoms with Crippen LogP contribution in [0.25, 0.3) is 0 Å². The minimum atomic E-state index is -0.749. The number of carbonyl (C=O) groups excluding carboxylic acids is 1. The standard InChI is InChI=1S/C9H10Cl2N4O/c1-15(9(13)16)8(12)14-7-5(10)3-2-4-6(7)11/h2-4H,1H3,(H2,12,14)(H2,13,16). The number of para-hydroxylation sites is 1. The number of rotatable bonds is 1. The molecule has 0 aromatic heterocycles. The first-order valence-corrected chi connectivity index (χ1v) is 5.02. The van der Waals surface area contributed by atoms with Gasteiger partial charge >= 0.3 is 6.03 Å². The Labute approximate surface area is 103 Å². The summed E-state index contributed by atoms with van der Waals surface area (Å²) in [4.78, 5) is 11.7. The highest BCUT2D eigenvalue weighted by atomic mass is 35.5. The number of urea groups is 1. The topological polar surface area (TPSA) is 82.2 Å². The zero-order valence-corrected chi connectivity index (χ0v) is 9.93. The molecule has 5 nitrogen and oxygen atoms in total. The number of nitrogens with one attached hydrogen (secondary N) is 2. The van der Waals surface area contributed by atoms with Crippen LogP contribution >= 0.6 is 23.2 Å². The van der Waals surface area contributed by atoms with Crippen molar-refractivity contribution in [1.82, 2.24) is 4.90 Å². The van der Waals surface area contributed by atoms with Crippen molar-refractivity contribution < 1.29 is 4.79 Å². The first-order valence-electron chi connectivity index (χ1n) is 4.26. The van der Waals surface area contributed by atoms with E-state index in [0.717, 1.165) is 4.90 Å². The van der Waals surface area contributed by atoms with Crippen molar-refractivity contribution in [1.29, 1.82) is 5.41 Å². The minimum Gasteiger partial charge on any atom is -0.351 e. The largest absolute Gasteiger partial charge is 0.351 e. The second-order valence-electron chi connectivity index (χ2n) is 2.97. The van der Waals surface area contributed by atoms with Gasteiger partial charge in [0, 0.05) is 7.05 Å². The van der Waals surface area contributed by atoms with Crippen molar-refractivity contribution in [3.63, 3.8) is 0 Å². The maximum absolute atomic E-state index is 10.8. The summed E-state index contributed by atoms with van der Waals surface area (Å²) in [6, 6.07) is 4.17. The van der Waals surface area contributed by atoms with Crippen LogP contribution in [0, 0.1) is 5.41 Å². The summed E-state index contributed by atoms with van der Waals surface area (Å²) in [5.74, 6) is -0.206. The first kappa shape index (κ1) is 12.6. The van der Waals surface area contributed by atoms with Gasteiger partial charge in [0.05, 0.1) is 15.7 Å². The average Bonchev–Trinajstić information content (AvgIpc) is 2.22. The summed E-state index contributed by atoms with van der Waals surface area (Å²) in [6.07, 6.45) is 0. The van der Waals surface area contributed by atoms with Crippen molar-refractivity contribution in [3.8, 4) is 0 Å². The van der Waals surface area contributed by atoms with Crippen LogP contribution in [0.3, 0.4) is 0 Å². The fourth-order valence-electron chi connectivity index (χ4n) is 0.930. The van der Waals surface area contributed by atoms with E-state index in [9.17, 15) is 4.79 Å². The van der Waals surface area contributed by atoms with Gasteiger partial charge in [-0.2, -0.15) is 0 Å². The third-order valence-corrected chi connectivity index (χ3v) is 2.50. The first-order chi connectivity index (χ1) is 7.43. The molecule has 0 spiro atoms. The summed E-state index contributed by atoms with van der Waals surface area (Å²) >= 11 is 11.8. The minimum absolute atomic E-state index is 0.206. The Bertz CT molecular complexity index is 415. The average molecular weight is 261 g/mol. The maximum atomic E-state index is 10.8. The molecule has 4 N–H and O–H groups in total. The van der Waals surface area contributed by atoms with Crippen LogP contribution in [-0.4, -0.2) is 23.9 Å². The quantitative estimate of drug-likeness (QED) is 0.535. The number of carbonyl (C=O) groups is 1. The Morgan fingerprint density at radius 2 is 1.94 bits per heavy atom. The predicted octanol–water partition coefficient (Wildman–Crippen LogP) is 2.35. The van der Waals surface area contributed by atoms with Gasteiger partial charge in [0.1, 0.15) is 0 Å². The second kappa shape index (κ2) is 5.05. The van der Waals surface area contributed by atoms with E-state index < -0.39 is 6.03 Å². The van der Waals surface area contributed by atoms with E-state index in [1.54, 1.807) is 18.2 Å². The Morgan fingerprint density at radius 3 is 2.38 bits per heavy atom. The summed E-state index contributed by atoms with van der Waals surface area (Å²) in [6.45, 7) is 0. The summed E-state index contributed by atoms with van der Waals surface area (Å²) in [7, 11) is 1.36. The molecule has 0 heterocycles. The molecule has 0 bridgehead atoms. The zero-order chi connectivity index (χ0) is 12.3. The molecule has 2 amide bonds. The van der Waals surface area contributed by atoms with Crippen molar-refractivity contribution in [2.45, 2.75) is 0 Å². The molecule has 0 fully saturated rings. The Hall–Kier alpha value is -1.46. The molecule has 16 heavy (non-hydrogen) atoms. The molecule has 1 aromatic rings. The molecule has 0 saturated heterocycles. The van der Waals surface area contributed by atoms with Crippen molar-refractivity contribution in [3.05, 3.63) is 28.2 Å². The van der Waals surface area contributed by atoms with Crippen LogP contribution in [0.5, 0.6) is 0 Å². The number of amides is 2. The van der Waals surface area contributed by atoms with E-state index in [-0.39, 0.29) is 5.96 Å². The van der Waals surface area contributed by atoms with Crippen LogP contribution in [0.15, 0.2) is 18.2 Å². The molecular formula is C9H10Cl2N4O. The van der Waals surface area contributed by atoms with Gasteiger partial charge < -0.3 is 11.1 Å². The lowest BCUT2D eigenvalue weighted by atomic mass is 10.3. The van der Waals surface area contributed by atoms with E-state index in [4.69, 9.17) is 34.3 Å². The SMILES string of the molecule is CN(C(=N)Nc1c(Cl)cccc1Cl)C(N)=O. The van der Waals surface area contributed by atoms with Gasteiger partial charge in [-0.1, -0.05) is 29.3 Å². The normalized spacial score (nSPS) is 9.69. The molecule has 0 radical (unpaired) electrons. The highest BCUT2D eigenvalue weighted by Crippen LogP contribution is 2.29. The molecule has 0 aliphatic carbocycles. The van der Waals surface area contributed by atoms with Crippen LogP contribution in [0.4, 0.5) is 10.5 Å². The van der Waals surface area contributed by atoms with E-state index in [1.165, 1.54) is 7.05 Å². The van der Waals surface area contributed by atoms with Gasteiger partial charge in [-0.25, -0.2) is 4.79 Å². The van der Waals surface area contributed by atoms with Crippen LogP contribution in [-0.2, 0) is 0 Å². The Kier molecular flexibility index (Phi) is 3.98. The van der Waals surface area contributed by atoms with Gasteiger partial charge in [-0.3, -0.25) is 10.3 Å². The highest BCUT2D eigenvalue weighted by Gasteiger charge is 2.13. The van der Waals surface area contributed by atoms with Crippen LogP contribution in [0.2, 0.25) is 10.0 Å². The van der Waals surface area contributed by atoms with Crippen molar-refractivity contribution in [2.75, 3.05) is 12.4 Å². The number of primary amides is 1. The number of nitrogens with zero attached hydrogens (tertiary/aromatic N) is 1. The number of hydrogen-bond acceptors (Lipinski definition) is 2. The molecule has 1 aromatic carbocycles. The lowest BCUT2D eigenvalue weighted by Gasteiger charge is -2.17. The van der Waals surface area contributed by atoms with Gasteiger partial charge in [0.15, 0.2) is 0 Å². The highest BCUT2D eigenvalue weighted by molar-refractivity contribution is 6.39. The third kappa shape index (κ3) is 2.77. The molecule has 0 aliphatic heterocycles. The Balaban J connectivity index is 2.89. The van der Waals surface area contributed by atoms with Crippen molar-refractivity contribution >= 4 is 40.9 Å². The monoisotopic (exact) mass is 260 g/mol.